The van der Waals surface area contributed by atoms with Gasteiger partial charge in [-0.15, -0.1) is 24.8 Å². The summed E-state index contributed by atoms with van der Waals surface area (Å²) >= 11 is 0. The molecule has 3 aromatic rings. The number of benzene rings is 1. The quantitative estimate of drug-likeness (QED) is 0.671. The third-order valence-corrected chi connectivity index (χ3v) is 4.01. The first kappa shape index (κ1) is 21.9. The van der Waals surface area contributed by atoms with Crippen LogP contribution < -0.4 is 11.1 Å². The van der Waals surface area contributed by atoms with Crippen molar-refractivity contribution < 1.29 is 4.79 Å². The molecule has 2 aromatic heterocycles. The van der Waals surface area contributed by atoms with E-state index < -0.39 is 0 Å². The van der Waals surface area contributed by atoms with E-state index in [0.717, 1.165) is 23.1 Å². The van der Waals surface area contributed by atoms with Gasteiger partial charge in [-0.2, -0.15) is 0 Å². The summed E-state index contributed by atoms with van der Waals surface area (Å²) in [5, 5.41) is 2.90. The fraction of sp³-hybridized carbons (Fsp3) is 0.278. The molecule has 6 nitrogen and oxygen atoms in total. The molecule has 140 valence electrons. The number of nitrogens with one attached hydrogen (secondary N) is 1. The number of rotatable bonds is 6. The Labute approximate surface area is 165 Å². The van der Waals surface area contributed by atoms with Crippen LogP contribution in [0.5, 0.6) is 0 Å². The first-order valence-corrected chi connectivity index (χ1v) is 8.05. The van der Waals surface area contributed by atoms with E-state index in [0.29, 0.717) is 19.0 Å². The zero-order valence-electron chi connectivity index (χ0n) is 14.5. The Morgan fingerprint density at radius 2 is 1.92 bits per heavy atom. The van der Waals surface area contributed by atoms with Crippen molar-refractivity contribution in [3.63, 3.8) is 0 Å². The molecular formula is C18H23Cl2N5O. The van der Waals surface area contributed by atoms with Gasteiger partial charge in [0, 0.05) is 37.3 Å². The van der Waals surface area contributed by atoms with Gasteiger partial charge in [-0.1, -0.05) is 25.1 Å². The zero-order valence-corrected chi connectivity index (χ0v) is 16.1. The van der Waals surface area contributed by atoms with Crippen molar-refractivity contribution in [3.8, 4) is 0 Å². The second-order valence-corrected chi connectivity index (χ2v) is 5.77. The number of imidazole rings is 1. The molecule has 0 fully saturated rings. The molecule has 0 saturated carbocycles. The van der Waals surface area contributed by atoms with Gasteiger partial charge < -0.3 is 10.3 Å². The highest BCUT2D eigenvalue weighted by atomic mass is 35.5. The molecule has 2 heterocycles. The predicted octanol–water partition coefficient (Wildman–Crippen LogP) is 3.05. The molecule has 3 rings (SSSR count). The minimum atomic E-state index is -0.256. The second-order valence-electron chi connectivity index (χ2n) is 5.77. The molecule has 0 saturated heterocycles. The van der Waals surface area contributed by atoms with Gasteiger partial charge in [-0.25, -0.2) is 4.98 Å². The van der Waals surface area contributed by atoms with Gasteiger partial charge in [0.2, 0.25) is 11.9 Å². The summed E-state index contributed by atoms with van der Waals surface area (Å²) in [5.41, 5.74) is 8.43. The van der Waals surface area contributed by atoms with Gasteiger partial charge in [0.1, 0.15) is 0 Å². The molecule has 1 aromatic carbocycles. The van der Waals surface area contributed by atoms with Gasteiger partial charge in [0.15, 0.2) is 0 Å². The van der Waals surface area contributed by atoms with Gasteiger partial charge in [0.05, 0.1) is 11.0 Å². The van der Waals surface area contributed by atoms with Crippen LogP contribution in [0, 0.1) is 5.92 Å². The third kappa shape index (κ3) is 4.94. The first-order valence-electron chi connectivity index (χ1n) is 8.05. The lowest BCUT2D eigenvalue weighted by Gasteiger charge is -2.12. The summed E-state index contributed by atoms with van der Waals surface area (Å²) in [6.07, 6.45) is 2.55. The summed E-state index contributed by atoms with van der Waals surface area (Å²) in [6.45, 7) is 2.79. The number of hydrogen-bond donors (Lipinski definition) is 2. The number of para-hydroxylation sites is 2. The topological polar surface area (TPSA) is 85.8 Å². The number of fused-ring (bicyclic) bond motifs is 1. The van der Waals surface area contributed by atoms with Crippen LogP contribution in [0.2, 0.25) is 0 Å². The van der Waals surface area contributed by atoms with Crippen molar-refractivity contribution in [1.82, 2.24) is 14.5 Å². The normalized spacial score (nSPS) is 11.3. The standard InChI is InChI=1S/C18H21N5O.2ClH/c1-13(12-19)17(24)22-18-21-15-7-2-3-8-16(15)23(18)11-9-14-6-4-5-10-20-14;;/h2-8,10,13H,9,11-12,19H2,1H3,(H,21,22,24);2*1H. The molecule has 0 aliphatic rings. The molecule has 1 amide bonds. The van der Waals surface area contributed by atoms with Crippen LogP contribution in [0.15, 0.2) is 48.7 Å². The van der Waals surface area contributed by atoms with E-state index in [9.17, 15) is 4.79 Å². The highest BCUT2D eigenvalue weighted by molar-refractivity contribution is 5.93. The van der Waals surface area contributed by atoms with Gasteiger partial charge in [-0.3, -0.25) is 15.1 Å². The maximum Gasteiger partial charge on any atom is 0.230 e. The Morgan fingerprint density at radius 3 is 2.62 bits per heavy atom. The first-order chi connectivity index (χ1) is 11.7. The van der Waals surface area contributed by atoms with Crippen molar-refractivity contribution in [3.05, 3.63) is 54.4 Å². The predicted molar refractivity (Wildman–Crippen MR) is 109 cm³/mol. The van der Waals surface area contributed by atoms with Crippen LogP contribution >= 0.6 is 24.8 Å². The number of pyridine rings is 1. The molecule has 1 atom stereocenters. The number of halogens is 2. The van der Waals surface area contributed by atoms with Crippen LogP contribution in [-0.4, -0.2) is 27.0 Å². The van der Waals surface area contributed by atoms with Crippen LogP contribution in [0.1, 0.15) is 12.6 Å². The minimum Gasteiger partial charge on any atom is -0.330 e. The molecular weight excluding hydrogens is 373 g/mol. The fourth-order valence-electron chi connectivity index (χ4n) is 2.51. The van der Waals surface area contributed by atoms with Crippen molar-refractivity contribution >= 4 is 47.7 Å². The maximum atomic E-state index is 12.2. The molecule has 3 N–H and O–H groups in total. The Morgan fingerprint density at radius 1 is 1.19 bits per heavy atom. The fourth-order valence-corrected chi connectivity index (χ4v) is 2.51. The number of hydrogen-bond acceptors (Lipinski definition) is 4. The Hall–Kier alpha value is -2.15. The molecule has 0 bridgehead atoms. The van der Waals surface area contributed by atoms with Crippen LogP contribution in [0.4, 0.5) is 5.95 Å². The maximum absolute atomic E-state index is 12.2. The molecule has 0 spiro atoms. The van der Waals surface area contributed by atoms with E-state index in [4.69, 9.17) is 5.73 Å². The number of amides is 1. The number of aryl methyl sites for hydroxylation is 2. The molecule has 26 heavy (non-hydrogen) atoms. The molecule has 0 aliphatic carbocycles. The average molecular weight is 396 g/mol. The highest BCUT2D eigenvalue weighted by Gasteiger charge is 2.16. The van der Waals surface area contributed by atoms with Crippen LogP contribution in [0.3, 0.4) is 0 Å². The summed E-state index contributed by atoms with van der Waals surface area (Å²) in [4.78, 5) is 21.1. The summed E-state index contributed by atoms with van der Waals surface area (Å²) < 4.78 is 2.02. The zero-order chi connectivity index (χ0) is 16.9. The smallest absolute Gasteiger partial charge is 0.230 e. The summed E-state index contributed by atoms with van der Waals surface area (Å²) in [7, 11) is 0. The number of nitrogens with zero attached hydrogens (tertiary/aromatic N) is 3. The lowest BCUT2D eigenvalue weighted by atomic mass is 10.2. The van der Waals surface area contributed by atoms with Crippen LogP contribution in [-0.2, 0) is 17.8 Å². The lowest BCUT2D eigenvalue weighted by Crippen LogP contribution is -2.28. The SMILES string of the molecule is CC(CN)C(=O)Nc1nc2ccccc2n1CCc1ccccn1.Cl.Cl. The highest BCUT2D eigenvalue weighted by Crippen LogP contribution is 2.20. The average Bonchev–Trinajstić information content (AvgIpc) is 2.97. The van der Waals surface area contributed by atoms with Crippen molar-refractivity contribution in [2.45, 2.75) is 19.9 Å². The van der Waals surface area contributed by atoms with E-state index in [2.05, 4.69) is 15.3 Å². The minimum absolute atomic E-state index is 0. The Balaban J connectivity index is 0.00000169. The molecule has 0 radical (unpaired) electrons. The summed E-state index contributed by atoms with van der Waals surface area (Å²) in [5.74, 6) is 0.179. The van der Waals surface area contributed by atoms with Gasteiger partial charge >= 0.3 is 0 Å². The third-order valence-electron chi connectivity index (χ3n) is 4.01. The summed E-state index contributed by atoms with van der Waals surface area (Å²) in [6, 6.07) is 13.7. The number of aromatic nitrogens is 3. The number of nitrogens with two attached hydrogens (primary N) is 1. The molecule has 8 heteroatoms. The largest absolute Gasteiger partial charge is 0.330 e. The second kappa shape index (κ2) is 10.1. The molecule has 1 unspecified atom stereocenters. The van der Waals surface area contributed by atoms with Crippen molar-refractivity contribution in [2.24, 2.45) is 11.7 Å². The Kier molecular flexibility index (Phi) is 8.51. The monoisotopic (exact) mass is 395 g/mol. The number of carbonyl (C=O) groups excluding carboxylic acids is 1. The number of carbonyl (C=O) groups is 1. The number of anilines is 1. The van der Waals surface area contributed by atoms with Crippen molar-refractivity contribution in [2.75, 3.05) is 11.9 Å². The van der Waals surface area contributed by atoms with E-state index in [1.165, 1.54) is 0 Å². The van der Waals surface area contributed by atoms with Crippen molar-refractivity contribution in [1.29, 1.82) is 0 Å². The van der Waals surface area contributed by atoms with E-state index in [1.807, 2.05) is 47.0 Å². The van der Waals surface area contributed by atoms with Gasteiger partial charge in [-0.05, 0) is 24.3 Å². The van der Waals surface area contributed by atoms with Crippen LogP contribution in [0.25, 0.3) is 11.0 Å². The Bertz CT molecular complexity index is 838. The van der Waals surface area contributed by atoms with Gasteiger partial charge in [0.25, 0.3) is 0 Å². The molecule has 0 aliphatic heterocycles. The lowest BCUT2D eigenvalue weighted by molar-refractivity contribution is -0.119. The van der Waals surface area contributed by atoms with E-state index in [1.54, 1.807) is 13.1 Å². The van der Waals surface area contributed by atoms with E-state index >= 15 is 0 Å². The van der Waals surface area contributed by atoms with E-state index in [-0.39, 0.29) is 36.6 Å².